The molecule has 1 aliphatic heterocycles. The summed E-state index contributed by atoms with van der Waals surface area (Å²) in [4.78, 5) is 38.6. The van der Waals surface area contributed by atoms with Crippen molar-refractivity contribution in [3.05, 3.63) is 74.8 Å². The van der Waals surface area contributed by atoms with Crippen molar-refractivity contribution in [3.63, 3.8) is 0 Å². The number of ether oxygens (including phenoxy) is 1. The molecule has 0 unspecified atom stereocenters. The molecule has 0 radical (unpaired) electrons. The van der Waals surface area contributed by atoms with Crippen molar-refractivity contribution in [1.82, 2.24) is 4.90 Å². The number of carbonyl (C=O) groups is 2. The van der Waals surface area contributed by atoms with Gasteiger partial charge in [-0.15, -0.1) is 0 Å². The second kappa shape index (κ2) is 8.33. The van der Waals surface area contributed by atoms with E-state index in [2.05, 4.69) is 5.32 Å². The lowest BCUT2D eigenvalue weighted by Gasteiger charge is -2.27. The zero-order valence-corrected chi connectivity index (χ0v) is 17.3. The van der Waals surface area contributed by atoms with E-state index in [-0.39, 0.29) is 23.5 Å². The van der Waals surface area contributed by atoms with E-state index in [1.165, 1.54) is 13.2 Å². The zero-order valence-electron chi connectivity index (χ0n) is 16.6. The Morgan fingerprint density at radius 3 is 2.55 bits per heavy atom. The fourth-order valence-electron chi connectivity index (χ4n) is 3.74. The van der Waals surface area contributed by atoms with Gasteiger partial charge in [-0.1, -0.05) is 35.9 Å². The molecule has 0 bridgehead atoms. The number of methoxy groups -OCH3 is 1. The molecule has 8 nitrogen and oxygen atoms in total. The maximum atomic E-state index is 13.1. The SMILES string of the molecule is COCCCN1C(=O)c2cccc3c(Nc4ccccc4Cl)c([N+](=O)[O-])cc(c23)C1=O. The fraction of sp³-hybridized carbons (Fsp3) is 0.182. The van der Waals surface area contributed by atoms with Gasteiger partial charge in [-0.05, 0) is 24.6 Å². The Kier molecular flexibility index (Phi) is 5.58. The van der Waals surface area contributed by atoms with Gasteiger partial charge in [0.2, 0.25) is 0 Å². The van der Waals surface area contributed by atoms with Crippen LogP contribution in [0.5, 0.6) is 0 Å². The molecular weight excluding hydrogens is 422 g/mol. The number of hydrogen-bond acceptors (Lipinski definition) is 6. The summed E-state index contributed by atoms with van der Waals surface area (Å²) in [5.74, 6) is -0.992. The number of benzene rings is 3. The molecule has 2 amide bonds. The van der Waals surface area contributed by atoms with E-state index in [0.717, 1.165) is 4.90 Å². The highest BCUT2D eigenvalue weighted by Gasteiger charge is 2.35. The summed E-state index contributed by atoms with van der Waals surface area (Å²) in [6, 6.07) is 13.0. The molecule has 0 aliphatic carbocycles. The van der Waals surface area contributed by atoms with Crippen LogP contribution in [0.3, 0.4) is 0 Å². The van der Waals surface area contributed by atoms with Gasteiger partial charge >= 0.3 is 0 Å². The third-order valence-electron chi connectivity index (χ3n) is 5.15. The number of anilines is 2. The van der Waals surface area contributed by atoms with Gasteiger partial charge in [0.15, 0.2) is 0 Å². The lowest BCUT2D eigenvalue weighted by atomic mass is 9.92. The van der Waals surface area contributed by atoms with Crippen molar-refractivity contribution in [1.29, 1.82) is 0 Å². The van der Waals surface area contributed by atoms with E-state index < -0.39 is 16.7 Å². The Balaban J connectivity index is 1.92. The number of para-hydroxylation sites is 1. The largest absolute Gasteiger partial charge is 0.385 e. The van der Waals surface area contributed by atoms with Crippen LogP contribution < -0.4 is 5.32 Å². The predicted octanol–water partition coefficient (Wildman–Crippen LogP) is 4.78. The lowest BCUT2D eigenvalue weighted by molar-refractivity contribution is -0.383. The molecule has 9 heteroatoms. The van der Waals surface area contributed by atoms with Gasteiger partial charge in [0, 0.05) is 42.7 Å². The summed E-state index contributed by atoms with van der Waals surface area (Å²) in [6.07, 6.45) is 0.466. The fourth-order valence-corrected chi connectivity index (χ4v) is 3.93. The minimum absolute atomic E-state index is 0.124. The first-order valence-corrected chi connectivity index (χ1v) is 9.92. The van der Waals surface area contributed by atoms with E-state index >= 15 is 0 Å². The van der Waals surface area contributed by atoms with E-state index in [1.54, 1.807) is 42.5 Å². The number of nitro benzene ring substituents is 1. The highest BCUT2D eigenvalue weighted by molar-refractivity contribution is 6.33. The molecule has 158 valence electrons. The topological polar surface area (TPSA) is 102 Å². The van der Waals surface area contributed by atoms with E-state index in [1.807, 2.05) is 0 Å². The predicted molar refractivity (Wildman–Crippen MR) is 117 cm³/mol. The Hall–Kier alpha value is -3.49. The van der Waals surface area contributed by atoms with Gasteiger partial charge in [0.1, 0.15) is 5.69 Å². The van der Waals surface area contributed by atoms with Crippen molar-refractivity contribution in [2.45, 2.75) is 6.42 Å². The number of amides is 2. The van der Waals surface area contributed by atoms with Crippen molar-refractivity contribution >= 4 is 51.2 Å². The molecular formula is C22H18ClN3O5. The Bertz CT molecular complexity index is 1230. The molecule has 0 spiro atoms. The Morgan fingerprint density at radius 1 is 1.10 bits per heavy atom. The molecule has 0 atom stereocenters. The summed E-state index contributed by atoms with van der Waals surface area (Å²) >= 11 is 6.23. The van der Waals surface area contributed by atoms with Crippen molar-refractivity contribution < 1.29 is 19.2 Å². The molecule has 4 rings (SSSR count). The third-order valence-corrected chi connectivity index (χ3v) is 5.48. The van der Waals surface area contributed by atoms with E-state index in [9.17, 15) is 19.7 Å². The molecule has 0 saturated carbocycles. The molecule has 0 saturated heterocycles. The van der Waals surface area contributed by atoms with Crippen LogP contribution in [0.2, 0.25) is 5.02 Å². The first kappa shape index (κ1) is 20.8. The van der Waals surface area contributed by atoms with Gasteiger partial charge in [-0.3, -0.25) is 24.6 Å². The van der Waals surface area contributed by atoms with Gasteiger partial charge in [0.05, 0.1) is 21.2 Å². The van der Waals surface area contributed by atoms with Crippen LogP contribution in [0.15, 0.2) is 48.5 Å². The average Bonchev–Trinajstić information content (AvgIpc) is 2.76. The number of nitro groups is 1. The first-order chi connectivity index (χ1) is 14.9. The van der Waals surface area contributed by atoms with Crippen LogP contribution in [-0.4, -0.2) is 41.9 Å². The summed E-state index contributed by atoms with van der Waals surface area (Å²) in [5.41, 5.74) is 0.814. The van der Waals surface area contributed by atoms with Crippen molar-refractivity contribution in [2.75, 3.05) is 25.6 Å². The summed E-state index contributed by atoms with van der Waals surface area (Å²) in [6.45, 7) is 0.545. The van der Waals surface area contributed by atoms with Gasteiger partial charge in [-0.2, -0.15) is 0 Å². The molecule has 1 aliphatic rings. The minimum atomic E-state index is -0.558. The number of carbonyl (C=O) groups excluding carboxylic acids is 2. The van der Waals surface area contributed by atoms with Crippen molar-refractivity contribution in [2.24, 2.45) is 0 Å². The molecule has 1 N–H and O–H groups in total. The molecule has 0 fully saturated rings. The van der Waals surface area contributed by atoms with Crippen LogP contribution in [0.4, 0.5) is 17.1 Å². The monoisotopic (exact) mass is 439 g/mol. The zero-order chi connectivity index (χ0) is 22.1. The molecule has 0 aromatic heterocycles. The number of imide groups is 1. The standard InChI is InChI=1S/C22H18ClN3O5/c1-31-11-5-10-25-21(27)14-7-4-6-13-19(14)15(22(25)28)12-18(26(29)30)20(13)24-17-9-3-2-8-16(17)23/h2-4,6-9,12,24H,5,10-11H2,1H3. The Morgan fingerprint density at radius 2 is 1.84 bits per heavy atom. The van der Waals surface area contributed by atoms with Gasteiger partial charge in [0.25, 0.3) is 17.5 Å². The normalized spacial score (nSPS) is 13.0. The third kappa shape index (κ3) is 3.60. The number of rotatable bonds is 7. The highest BCUT2D eigenvalue weighted by Crippen LogP contribution is 2.42. The van der Waals surface area contributed by atoms with Crippen LogP contribution in [0.1, 0.15) is 27.1 Å². The second-order valence-corrected chi connectivity index (χ2v) is 7.42. The number of hydrogen-bond donors (Lipinski definition) is 1. The first-order valence-electron chi connectivity index (χ1n) is 9.55. The molecule has 3 aromatic rings. The van der Waals surface area contributed by atoms with Gasteiger partial charge < -0.3 is 10.1 Å². The maximum Gasteiger partial charge on any atom is 0.294 e. The van der Waals surface area contributed by atoms with E-state index in [4.69, 9.17) is 16.3 Å². The highest BCUT2D eigenvalue weighted by atomic mass is 35.5. The molecule has 1 heterocycles. The van der Waals surface area contributed by atoms with Crippen molar-refractivity contribution in [3.8, 4) is 0 Å². The number of nitrogens with one attached hydrogen (secondary N) is 1. The maximum absolute atomic E-state index is 13.1. The Labute approximate surface area is 182 Å². The van der Waals surface area contributed by atoms with Crippen LogP contribution in [-0.2, 0) is 4.74 Å². The van der Waals surface area contributed by atoms with Gasteiger partial charge in [-0.25, -0.2) is 0 Å². The van der Waals surface area contributed by atoms with Crippen LogP contribution in [0, 0.1) is 10.1 Å². The summed E-state index contributed by atoms with van der Waals surface area (Å²) in [5, 5.41) is 16.1. The van der Waals surface area contributed by atoms with Crippen LogP contribution in [0.25, 0.3) is 10.8 Å². The summed E-state index contributed by atoms with van der Waals surface area (Å²) in [7, 11) is 1.53. The minimum Gasteiger partial charge on any atom is -0.385 e. The smallest absolute Gasteiger partial charge is 0.294 e. The van der Waals surface area contributed by atoms with E-state index in [0.29, 0.717) is 40.1 Å². The van der Waals surface area contributed by atoms with Crippen LogP contribution >= 0.6 is 11.6 Å². The molecule has 31 heavy (non-hydrogen) atoms. The summed E-state index contributed by atoms with van der Waals surface area (Å²) < 4.78 is 5.01. The quantitative estimate of drug-likeness (QED) is 0.246. The number of halogens is 1. The average molecular weight is 440 g/mol. The molecule has 3 aromatic carbocycles. The second-order valence-electron chi connectivity index (χ2n) is 7.02. The lowest BCUT2D eigenvalue weighted by Crippen LogP contribution is -2.41. The number of nitrogens with zero attached hydrogens (tertiary/aromatic N) is 2.